The zero-order valence-corrected chi connectivity index (χ0v) is 16.4. The minimum absolute atomic E-state index is 0. The second-order valence-electron chi connectivity index (χ2n) is 7.01. The third-order valence-electron chi connectivity index (χ3n) is 5.15. The number of carbonyl (C=O) groups is 1. The summed E-state index contributed by atoms with van der Waals surface area (Å²) >= 11 is 0. The molecule has 144 valence electrons. The summed E-state index contributed by atoms with van der Waals surface area (Å²) in [5, 5.41) is 11.7. The van der Waals surface area contributed by atoms with Gasteiger partial charge < -0.3 is 15.6 Å². The molecule has 0 saturated heterocycles. The first-order valence-corrected chi connectivity index (χ1v) is 9.18. The van der Waals surface area contributed by atoms with E-state index in [1.54, 1.807) is 0 Å². The summed E-state index contributed by atoms with van der Waals surface area (Å²) in [5.74, 6) is 2.51. The van der Waals surface area contributed by atoms with Gasteiger partial charge in [-0.1, -0.05) is 12.8 Å². The fraction of sp³-hybridized carbons (Fsp3) is 0.824. The maximum absolute atomic E-state index is 12.2. The molecule has 1 aliphatic carbocycles. The van der Waals surface area contributed by atoms with Crippen molar-refractivity contribution < 1.29 is 4.79 Å². The van der Waals surface area contributed by atoms with Gasteiger partial charge >= 0.3 is 0 Å². The predicted octanol–water partition coefficient (Wildman–Crippen LogP) is 2.41. The summed E-state index contributed by atoms with van der Waals surface area (Å²) < 4.78 is 2.29. The molecule has 1 aliphatic heterocycles. The lowest BCUT2D eigenvalue weighted by Crippen LogP contribution is -2.38. The van der Waals surface area contributed by atoms with E-state index in [9.17, 15) is 4.79 Å². The number of nitrogens with two attached hydrogens (primary N) is 1. The Morgan fingerprint density at radius 1 is 1.16 bits per heavy atom. The highest BCUT2D eigenvalue weighted by Crippen LogP contribution is 2.23. The first-order valence-electron chi connectivity index (χ1n) is 9.18. The maximum atomic E-state index is 12.2. The second kappa shape index (κ2) is 11.0. The van der Waals surface area contributed by atoms with Gasteiger partial charge in [0, 0.05) is 37.9 Å². The van der Waals surface area contributed by atoms with Crippen LogP contribution in [0.4, 0.5) is 0 Å². The van der Waals surface area contributed by atoms with Crippen molar-refractivity contribution in [2.24, 2.45) is 11.7 Å². The molecule has 2 aliphatic rings. The molecule has 1 aromatic heterocycles. The first-order chi connectivity index (χ1) is 11.2. The van der Waals surface area contributed by atoms with Crippen LogP contribution in [-0.2, 0) is 24.2 Å². The normalized spacial score (nSPS) is 22.8. The molecular weight excluding hydrogens is 361 g/mol. The molecule has 3 N–H and O–H groups in total. The van der Waals surface area contributed by atoms with Gasteiger partial charge in [0.1, 0.15) is 11.6 Å². The van der Waals surface area contributed by atoms with Crippen molar-refractivity contribution in [1.29, 1.82) is 0 Å². The van der Waals surface area contributed by atoms with Crippen molar-refractivity contribution in [3.8, 4) is 0 Å². The largest absolute Gasteiger partial charge is 0.356 e. The Kier molecular flexibility index (Phi) is 9.75. The lowest BCUT2D eigenvalue weighted by Gasteiger charge is -2.25. The third kappa shape index (κ3) is 6.12. The van der Waals surface area contributed by atoms with Gasteiger partial charge in [0.25, 0.3) is 0 Å². The molecule has 0 spiro atoms. The van der Waals surface area contributed by atoms with E-state index in [2.05, 4.69) is 20.1 Å². The molecule has 0 bridgehead atoms. The third-order valence-corrected chi connectivity index (χ3v) is 5.15. The van der Waals surface area contributed by atoms with Crippen LogP contribution in [0.15, 0.2) is 0 Å². The van der Waals surface area contributed by atoms with Crippen LogP contribution in [0.3, 0.4) is 0 Å². The van der Waals surface area contributed by atoms with Gasteiger partial charge in [-0.05, 0) is 38.5 Å². The summed E-state index contributed by atoms with van der Waals surface area (Å²) in [6.45, 7) is 1.76. The topological polar surface area (TPSA) is 85.8 Å². The molecule has 2 unspecified atom stereocenters. The van der Waals surface area contributed by atoms with Crippen LogP contribution in [0.5, 0.6) is 0 Å². The van der Waals surface area contributed by atoms with E-state index in [1.165, 1.54) is 19.3 Å². The van der Waals surface area contributed by atoms with Gasteiger partial charge in [-0.3, -0.25) is 4.79 Å². The maximum Gasteiger partial charge on any atom is 0.223 e. The predicted molar refractivity (Wildman–Crippen MR) is 103 cm³/mol. The summed E-state index contributed by atoms with van der Waals surface area (Å²) in [4.78, 5) is 12.2. The molecule has 3 rings (SSSR count). The van der Waals surface area contributed by atoms with Crippen LogP contribution < -0.4 is 11.1 Å². The Morgan fingerprint density at radius 3 is 2.80 bits per heavy atom. The van der Waals surface area contributed by atoms with Gasteiger partial charge in [0.05, 0.1) is 0 Å². The Bertz CT molecular complexity index is 537. The molecule has 8 heteroatoms. The Hall–Kier alpha value is -0.850. The van der Waals surface area contributed by atoms with E-state index in [-0.39, 0.29) is 42.7 Å². The van der Waals surface area contributed by atoms with Crippen molar-refractivity contribution in [2.75, 3.05) is 6.54 Å². The van der Waals surface area contributed by atoms with E-state index >= 15 is 0 Å². The molecule has 1 amide bonds. The minimum Gasteiger partial charge on any atom is -0.356 e. The quantitative estimate of drug-likeness (QED) is 0.754. The van der Waals surface area contributed by atoms with E-state index in [4.69, 9.17) is 5.73 Å². The molecule has 6 nitrogen and oxygen atoms in total. The first kappa shape index (κ1) is 22.2. The average Bonchev–Trinajstić information content (AvgIpc) is 2.78. The van der Waals surface area contributed by atoms with Crippen LogP contribution >= 0.6 is 24.8 Å². The molecular formula is C17H31Cl2N5O. The molecule has 2 atom stereocenters. The molecule has 1 saturated carbocycles. The van der Waals surface area contributed by atoms with Crippen molar-refractivity contribution in [3.63, 3.8) is 0 Å². The lowest BCUT2D eigenvalue weighted by atomic mass is 9.85. The van der Waals surface area contributed by atoms with Gasteiger partial charge in [-0.15, -0.1) is 35.0 Å². The highest BCUT2D eigenvalue weighted by Gasteiger charge is 2.24. The van der Waals surface area contributed by atoms with Crippen LogP contribution in [0.25, 0.3) is 0 Å². The Balaban J connectivity index is 0.00000156. The highest BCUT2D eigenvalue weighted by molar-refractivity contribution is 5.85. The molecule has 0 radical (unpaired) electrons. The zero-order chi connectivity index (χ0) is 16.1. The Labute approximate surface area is 162 Å². The second-order valence-corrected chi connectivity index (χ2v) is 7.01. The number of halogens is 2. The van der Waals surface area contributed by atoms with Gasteiger partial charge in [0.15, 0.2) is 0 Å². The molecule has 1 aromatic rings. The molecule has 1 fully saturated rings. The number of amides is 1. The highest BCUT2D eigenvalue weighted by atomic mass is 35.5. The van der Waals surface area contributed by atoms with E-state index < -0.39 is 0 Å². The number of rotatable bonds is 5. The van der Waals surface area contributed by atoms with Crippen LogP contribution in [-0.4, -0.2) is 33.3 Å². The summed E-state index contributed by atoms with van der Waals surface area (Å²) in [7, 11) is 0. The van der Waals surface area contributed by atoms with Crippen molar-refractivity contribution in [2.45, 2.75) is 76.8 Å². The van der Waals surface area contributed by atoms with Crippen LogP contribution in [0.1, 0.15) is 63.0 Å². The zero-order valence-electron chi connectivity index (χ0n) is 14.8. The van der Waals surface area contributed by atoms with Crippen molar-refractivity contribution in [1.82, 2.24) is 20.1 Å². The van der Waals surface area contributed by atoms with E-state index in [0.29, 0.717) is 6.54 Å². The smallest absolute Gasteiger partial charge is 0.223 e. The molecule has 2 heterocycles. The fourth-order valence-corrected chi connectivity index (χ4v) is 3.80. The SMILES string of the molecule is Cl.Cl.NC1CCCC(C(=O)NCCCc2nnc3n2CCCCC3)C1. The standard InChI is InChI=1S/C17H29N5O.2ClH/c18-14-7-4-6-13(12-14)17(23)19-10-5-9-16-21-20-15-8-2-1-3-11-22(15)16;;/h13-14H,1-12,18H2,(H,19,23);2*1H. The van der Waals surface area contributed by atoms with Gasteiger partial charge in [0.2, 0.25) is 5.91 Å². The minimum atomic E-state index is 0. The van der Waals surface area contributed by atoms with E-state index in [0.717, 1.165) is 63.1 Å². The van der Waals surface area contributed by atoms with Crippen LogP contribution in [0.2, 0.25) is 0 Å². The van der Waals surface area contributed by atoms with Gasteiger partial charge in [-0.25, -0.2) is 0 Å². The summed E-state index contributed by atoms with van der Waals surface area (Å²) in [6.07, 6.45) is 10.5. The Morgan fingerprint density at radius 2 is 2.00 bits per heavy atom. The number of aromatic nitrogens is 3. The number of hydrogen-bond donors (Lipinski definition) is 2. The van der Waals surface area contributed by atoms with Gasteiger partial charge in [-0.2, -0.15) is 0 Å². The van der Waals surface area contributed by atoms with Crippen molar-refractivity contribution in [3.05, 3.63) is 11.6 Å². The molecule has 0 aromatic carbocycles. The molecule has 25 heavy (non-hydrogen) atoms. The number of aryl methyl sites for hydroxylation is 2. The van der Waals surface area contributed by atoms with Crippen LogP contribution in [0, 0.1) is 5.92 Å². The fourth-order valence-electron chi connectivity index (χ4n) is 3.80. The van der Waals surface area contributed by atoms with E-state index in [1.807, 2.05) is 0 Å². The summed E-state index contributed by atoms with van der Waals surface area (Å²) in [5.41, 5.74) is 5.96. The number of nitrogens with zero attached hydrogens (tertiary/aromatic N) is 3. The average molecular weight is 392 g/mol. The number of carbonyl (C=O) groups excluding carboxylic acids is 1. The van der Waals surface area contributed by atoms with Crippen molar-refractivity contribution >= 4 is 30.7 Å². The number of fused-ring (bicyclic) bond motifs is 1. The summed E-state index contributed by atoms with van der Waals surface area (Å²) in [6, 6.07) is 0.200. The number of nitrogens with one attached hydrogen (secondary N) is 1. The monoisotopic (exact) mass is 391 g/mol. The lowest BCUT2D eigenvalue weighted by molar-refractivity contribution is -0.126. The number of hydrogen-bond acceptors (Lipinski definition) is 4.